The molecule has 106 valence electrons. The fourth-order valence-electron chi connectivity index (χ4n) is 2.35. The van der Waals surface area contributed by atoms with Crippen LogP contribution in [-0.4, -0.2) is 0 Å². The average molecular weight is 268 g/mol. The van der Waals surface area contributed by atoms with Gasteiger partial charge in [0.1, 0.15) is 0 Å². The molecule has 0 atom stereocenters. The molecule has 0 saturated heterocycles. The lowest BCUT2D eigenvalue weighted by molar-refractivity contribution is 0.690. The number of nitrogens with two attached hydrogens (primary N) is 1. The van der Waals surface area contributed by atoms with Crippen molar-refractivity contribution in [3.05, 3.63) is 69.8 Å². The van der Waals surface area contributed by atoms with Gasteiger partial charge in [0.25, 0.3) is 0 Å². The molecule has 2 aromatic carbocycles. The van der Waals surface area contributed by atoms with Crippen LogP contribution in [-0.2, 0) is 19.6 Å². The Morgan fingerprint density at radius 2 is 1.40 bits per heavy atom. The van der Waals surface area contributed by atoms with Crippen molar-refractivity contribution in [2.24, 2.45) is 5.73 Å². The van der Waals surface area contributed by atoms with Gasteiger partial charge in [0, 0.05) is 19.6 Å². The summed E-state index contributed by atoms with van der Waals surface area (Å²) in [7, 11) is 0. The van der Waals surface area contributed by atoms with Crippen molar-refractivity contribution in [2.75, 3.05) is 0 Å². The van der Waals surface area contributed by atoms with Gasteiger partial charge in [-0.05, 0) is 54.2 Å². The summed E-state index contributed by atoms with van der Waals surface area (Å²) in [6, 6.07) is 13.0. The molecule has 2 aromatic rings. The van der Waals surface area contributed by atoms with Crippen LogP contribution >= 0.6 is 0 Å². The Kier molecular flexibility index (Phi) is 4.94. The molecule has 0 aliphatic rings. The molecule has 0 spiro atoms. The zero-order valence-electron chi connectivity index (χ0n) is 12.7. The third-order valence-electron chi connectivity index (χ3n) is 3.86. The zero-order chi connectivity index (χ0) is 14.5. The number of nitrogens with one attached hydrogen (secondary N) is 1. The Balaban J connectivity index is 1.94. The van der Waals surface area contributed by atoms with Gasteiger partial charge in [-0.15, -0.1) is 0 Å². The molecule has 20 heavy (non-hydrogen) atoms. The first-order valence-corrected chi connectivity index (χ1v) is 7.15. The molecule has 0 unspecified atom stereocenters. The molecule has 0 bridgehead atoms. The monoisotopic (exact) mass is 268 g/mol. The number of benzene rings is 2. The summed E-state index contributed by atoms with van der Waals surface area (Å²) in [5, 5.41) is 3.51. The minimum atomic E-state index is 0.607. The predicted molar refractivity (Wildman–Crippen MR) is 85.5 cm³/mol. The van der Waals surface area contributed by atoms with Crippen LogP contribution < -0.4 is 11.1 Å². The highest BCUT2D eigenvalue weighted by Gasteiger charge is 2.02. The second-order valence-corrected chi connectivity index (χ2v) is 5.49. The van der Waals surface area contributed by atoms with Gasteiger partial charge in [-0.25, -0.2) is 0 Å². The fourth-order valence-corrected chi connectivity index (χ4v) is 2.35. The summed E-state index contributed by atoms with van der Waals surface area (Å²) >= 11 is 0. The van der Waals surface area contributed by atoms with Crippen molar-refractivity contribution < 1.29 is 0 Å². The first-order chi connectivity index (χ1) is 9.60. The van der Waals surface area contributed by atoms with E-state index >= 15 is 0 Å². The first kappa shape index (κ1) is 14.8. The van der Waals surface area contributed by atoms with Crippen molar-refractivity contribution in [3.8, 4) is 0 Å². The molecular weight excluding hydrogens is 244 g/mol. The molecule has 0 aromatic heterocycles. The van der Waals surface area contributed by atoms with Crippen LogP contribution in [0.4, 0.5) is 0 Å². The molecule has 0 fully saturated rings. The van der Waals surface area contributed by atoms with Gasteiger partial charge in [-0.2, -0.15) is 0 Å². The predicted octanol–water partition coefficient (Wildman–Crippen LogP) is 3.36. The van der Waals surface area contributed by atoms with E-state index in [4.69, 9.17) is 5.73 Å². The Labute approximate surface area is 122 Å². The molecule has 0 aliphatic heterocycles. The highest BCUT2D eigenvalue weighted by Crippen LogP contribution is 2.15. The van der Waals surface area contributed by atoms with E-state index in [2.05, 4.69) is 62.5 Å². The van der Waals surface area contributed by atoms with Crippen molar-refractivity contribution >= 4 is 0 Å². The van der Waals surface area contributed by atoms with Crippen LogP contribution in [0, 0.1) is 20.8 Å². The topological polar surface area (TPSA) is 38.0 Å². The molecule has 2 heteroatoms. The fraction of sp³-hybridized carbons (Fsp3) is 0.333. The summed E-state index contributed by atoms with van der Waals surface area (Å²) < 4.78 is 0. The first-order valence-electron chi connectivity index (χ1n) is 7.15. The maximum atomic E-state index is 5.60. The van der Waals surface area contributed by atoms with Gasteiger partial charge in [-0.1, -0.05) is 36.4 Å². The minimum Gasteiger partial charge on any atom is -0.326 e. The van der Waals surface area contributed by atoms with E-state index < -0.39 is 0 Å². The van der Waals surface area contributed by atoms with Gasteiger partial charge in [0.15, 0.2) is 0 Å². The maximum Gasteiger partial charge on any atom is 0.0211 e. The van der Waals surface area contributed by atoms with E-state index in [1.807, 2.05) is 0 Å². The highest BCUT2D eigenvalue weighted by molar-refractivity contribution is 5.36. The molecule has 0 amide bonds. The second kappa shape index (κ2) is 6.69. The SMILES string of the molecule is Cc1cc(C)c(CNCc2ccc(CN)cc2)cc1C. The van der Waals surface area contributed by atoms with E-state index in [1.165, 1.54) is 33.4 Å². The van der Waals surface area contributed by atoms with Gasteiger partial charge in [0.2, 0.25) is 0 Å². The number of hydrogen-bond acceptors (Lipinski definition) is 2. The summed E-state index contributed by atoms with van der Waals surface area (Å²) in [5.41, 5.74) is 13.5. The van der Waals surface area contributed by atoms with Crippen LogP contribution in [0.5, 0.6) is 0 Å². The summed E-state index contributed by atoms with van der Waals surface area (Å²) in [4.78, 5) is 0. The molecule has 3 N–H and O–H groups in total. The summed E-state index contributed by atoms with van der Waals surface area (Å²) in [5.74, 6) is 0. The van der Waals surface area contributed by atoms with Gasteiger partial charge in [-0.3, -0.25) is 0 Å². The lowest BCUT2D eigenvalue weighted by atomic mass is 10.0. The van der Waals surface area contributed by atoms with E-state index in [-0.39, 0.29) is 0 Å². The zero-order valence-corrected chi connectivity index (χ0v) is 12.7. The lowest BCUT2D eigenvalue weighted by Crippen LogP contribution is -2.14. The Hall–Kier alpha value is -1.64. The van der Waals surface area contributed by atoms with Gasteiger partial charge in [0.05, 0.1) is 0 Å². The standard InChI is InChI=1S/C18H24N2/c1-13-8-15(3)18(9-14(13)2)12-20-11-17-6-4-16(10-19)5-7-17/h4-9,20H,10-12,19H2,1-3H3. The van der Waals surface area contributed by atoms with Crippen LogP contribution in [0.15, 0.2) is 36.4 Å². The molecule has 0 radical (unpaired) electrons. The van der Waals surface area contributed by atoms with Gasteiger partial charge >= 0.3 is 0 Å². The van der Waals surface area contributed by atoms with Crippen molar-refractivity contribution in [1.82, 2.24) is 5.32 Å². The van der Waals surface area contributed by atoms with E-state index in [0.717, 1.165) is 13.1 Å². The molecule has 0 saturated carbocycles. The van der Waals surface area contributed by atoms with E-state index in [0.29, 0.717) is 6.54 Å². The molecule has 0 aliphatic carbocycles. The Morgan fingerprint density at radius 1 is 0.800 bits per heavy atom. The smallest absolute Gasteiger partial charge is 0.0211 e. The Bertz CT molecular complexity index is 571. The minimum absolute atomic E-state index is 0.607. The molecule has 2 nitrogen and oxygen atoms in total. The van der Waals surface area contributed by atoms with Crippen molar-refractivity contribution in [2.45, 2.75) is 40.4 Å². The van der Waals surface area contributed by atoms with Crippen LogP contribution in [0.1, 0.15) is 33.4 Å². The molecule has 2 rings (SSSR count). The second-order valence-electron chi connectivity index (χ2n) is 5.49. The highest BCUT2D eigenvalue weighted by atomic mass is 14.8. The average Bonchev–Trinajstić information content (AvgIpc) is 2.45. The number of rotatable bonds is 5. The lowest BCUT2D eigenvalue weighted by Gasteiger charge is -2.11. The maximum absolute atomic E-state index is 5.60. The normalized spacial score (nSPS) is 10.8. The number of aryl methyl sites for hydroxylation is 3. The van der Waals surface area contributed by atoms with Gasteiger partial charge < -0.3 is 11.1 Å². The van der Waals surface area contributed by atoms with Crippen molar-refractivity contribution in [1.29, 1.82) is 0 Å². The summed E-state index contributed by atoms with van der Waals surface area (Å²) in [6.45, 7) is 8.92. The largest absolute Gasteiger partial charge is 0.326 e. The summed E-state index contributed by atoms with van der Waals surface area (Å²) in [6.07, 6.45) is 0. The van der Waals surface area contributed by atoms with Crippen LogP contribution in [0.2, 0.25) is 0 Å². The number of hydrogen-bond donors (Lipinski definition) is 2. The van der Waals surface area contributed by atoms with E-state index in [1.54, 1.807) is 0 Å². The van der Waals surface area contributed by atoms with E-state index in [9.17, 15) is 0 Å². The molecule has 0 heterocycles. The third-order valence-corrected chi connectivity index (χ3v) is 3.86. The third kappa shape index (κ3) is 3.69. The van der Waals surface area contributed by atoms with Crippen LogP contribution in [0.3, 0.4) is 0 Å². The Morgan fingerprint density at radius 3 is 2.05 bits per heavy atom. The van der Waals surface area contributed by atoms with Crippen LogP contribution in [0.25, 0.3) is 0 Å². The quantitative estimate of drug-likeness (QED) is 0.872. The molecular formula is C18H24N2. The van der Waals surface area contributed by atoms with Crippen molar-refractivity contribution in [3.63, 3.8) is 0 Å².